The number of benzene rings is 1. The van der Waals surface area contributed by atoms with E-state index in [1.807, 2.05) is 37.3 Å². The van der Waals surface area contributed by atoms with Crippen LogP contribution in [-0.2, 0) is 20.8 Å². The van der Waals surface area contributed by atoms with Crippen LogP contribution in [0.3, 0.4) is 0 Å². The van der Waals surface area contributed by atoms with Gasteiger partial charge in [-0.3, -0.25) is 19.3 Å². The van der Waals surface area contributed by atoms with E-state index in [0.29, 0.717) is 5.82 Å². The van der Waals surface area contributed by atoms with Crippen molar-refractivity contribution in [2.45, 2.75) is 31.7 Å². The molecule has 7 heteroatoms. The SMILES string of the molecule is C[C@@H](CC(=O)N1C(=O)C(Cc2ccnc(N)c2)[C@H]1C(N)=O)c1ccccc1. The smallest absolute Gasteiger partial charge is 0.241 e. The Hall–Kier alpha value is -3.22. The number of nitrogen functional groups attached to an aromatic ring is 1. The fourth-order valence-electron chi connectivity index (χ4n) is 3.49. The number of nitrogens with two attached hydrogens (primary N) is 2. The van der Waals surface area contributed by atoms with Crippen molar-refractivity contribution in [2.75, 3.05) is 5.73 Å². The maximum Gasteiger partial charge on any atom is 0.241 e. The third-order valence-corrected chi connectivity index (χ3v) is 4.92. The van der Waals surface area contributed by atoms with E-state index in [-0.39, 0.29) is 30.6 Å². The molecule has 3 amide bonds. The predicted octanol–water partition coefficient (Wildman–Crippen LogP) is 1.24. The van der Waals surface area contributed by atoms with Gasteiger partial charge in [0, 0.05) is 12.6 Å². The summed E-state index contributed by atoms with van der Waals surface area (Å²) in [6.07, 6.45) is 1.96. The van der Waals surface area contributed by atoms with Crippen molar-refractivity contribution in [2.24, 2.45) is 11.7 Å². The fraction of sp³-hybridized carbons (Fsp3) is 0.300. The quantitative estimate of drug-likeness (QED) is 0.746. The first-order valence-corrected chi connectivity index (χ1v) is 8.79. The van der Waals surface area contributed by atoms with Gasteiger partial charge in [-0.15, -0.1) is 0 Å². The summed E-state index contributed by atoms with van der Waals surface area (Å²) >= 11 is 0. The summed E-state index contributed by atoms with van der Waals surface area (Å²) < 4.78 is 0. The van der Waals surface area contributed by atoms with E-state index in [9.17, 15) is 14.4 Å². The fourth-order valence-corrected chi connectivity index (χ4v) is 3.49. The van der Waals surface area contributed by atoms with Crippen LogP contribution in [0.5, 0.6) is 0 Å². The number of aromatic nitrogens is 1. The lowest BCUT2D eigenvalue weighted by Gasteiger charge is -2.44. The maximum absolute atomic E-state index is 12.7. The molecule has 3 atom stereocenters. The van der Waals surface area contributed by atoms with Gasteiger partial charge in [0.1, 0.15) is 11.9 Å². The van der Waals surface area contributed by atoms with Crippen LogP contribution in [0.4, 0.5) is 5.82 Å². The molecule has 2 heterocycles. The van der Waals surface area contributed by atoms with Gasteiger partial charge in [-0.2, -0.15) is 0 Å². The summed E-state index contributed by atoms with van der Waals surface area (Å²) in [4.78, 5) is 42.1. The van der Waals surface area contributed by atoms with Crippen LogP contribution >= 0.6 is 0 Å². The van der Waals surface area contributed by atoms with Crippen molar-refractivity contribution in [3.8, 4) is 0 Å². The van der Waals surface area contributed by atoms with Gasteiger partial charge in [0.25, 0.3) is 0 Å². The summed E-state index contributed by atoms with van der Waals surface area (Å²) in [5, 5.41) is 0. The average molecular weight is 366 g/mol. The number of primary amides is 1. The van der Waals surface area contributed by atoms with E-state index in [2.05, 4.69) is 4.98 Å². The molecule has 3 rings (SSSR count). The molecular weight excluding hydrogens is 344 g/mol. The zero-order valence-electron chi connectivity index (χ0n) is 15.0. The molecule has 1 aliphatic heterocycles. The van der Waals surface area contributed by atoms with Crippen molar-refractivity contribution < 1.29 is 14.4 Å². The van der Waals surface area contributed by atoms with Crippen molar-refractivity contribution in [1.82, 2.24) is 9.88 Å². The molecular formula is C20H22N4O3. The second-order valence-corrected chi connectivity index (χ2v) is 6.86. The lowest BCUT2D eigenvalue weighted by atomic mass is 9.81. The molecule has 140 valence electrons. The van der Waals surface area contributed by atoms with Gasteiger partial charge in [0.15, 0.2) is 0 Å². The largest absolute Gasteiger partial charge is 0.384 e. The Morgan fingerprint density at radius 3 is 2.56 bits per heavy atom. The van der Waals surface area contributed by atoms with Crippen molar-refractivity contribution in [1.29, 1.82) is 0 Å². The van der Waals surface area contributed by atoms with Crippen molar-refractivity contribution in [3.05, 3.63) is 59.8 Å². The highest BCUT2D eigenvalue weighted by Crippen LogP contribution is 2.32. The first-order valence-electron chi connectivity index (χ1n) is 8.79. The number of likely N-dealkylation sites (tertiary alicyclic amines) is 1. The Kier molecular flexibility index (Phi) is 5.21. The second kappa shape index (κ2) is 7.57. The monoisotopic (exact) mass is 366 g/mol. The zero-order valence-corrected chi connectivity index (χ0v) is 15.0. The molecule has 0 bridgehead atoms. The number of hydrogen-bond acceptors (Lipinski definition) is 5. The van der Waals surface area contributed by atoms with Gasteiger partial charge >= 0.3 is 0 Å². The lowest BCUT2D eigenvalue weighted by Crippen LogP contribution is -2.68. The van der Waals surface area contributed by atoms with Crippen LogP contribution in [0, 0.1) is 5.92 Å². The summed E-state index contributed by atoms with van der Waals surface area (Å²) in [6, 6.07) is 12.0. The predicted molar refractivity (Wildman–Crippen MR) is 100 cm³/mol. The number of carbonyl (C=O) groups excluding carboxylic acids is 3. The molecule has 0 aliphatic carbocycles. The van der Waals surface area contributed by atoms with Gasteiger partial charge in [-0.1, -0.05) is 37.3 Å². The first-order chi connectivity index (χ1) is 12.9. The maximum atomic E-state index is 12.7. The molecule has 1 aromatic heterocycles. The Morgan fingerprint density at radius 2 is 1.93 bits per heavy atom. The Bertz CT molecular complexity index is 869. The van der Waals surface area contributed by atoms with E-state index >= 15 is 0 Å². The first kappa shape index (κ1) is 18.6. The third-order valence-electron chi connectivity index (χ3n) is 4.92. The minimum Gasteiger partial charge on any atom is -0.384 e. The Morgan fingerprint density at radius 1 is 1.22 bits per heavy atom. The van der Waals surface area contributed by atoms with E-state index in [4.69, 9.17) is 11.5 Å². The molecule has 1 aromatic carbocycles. The van der Waals surface area contributed by atoms with E-state index < -0.39 is 17.9 Å². The molecule has 0 spiro atoms. The van der Waals surface area contributed by atoms with Crippen LogP contribution in [0.25, 0.3) is 0 Å². The van der Waals surface area contributed by atoms with Crippen LogP contribution in [0.2, 0.25) is 0 Å². The number of nitrogens with zero attached hydrogens (tertiary/aromatic N) is 2. The Labute approximate surface area is 157 Å². The summed E-state index contributed by atoms with van der Waals surface area (Å²) in [5.74, 6) is -1.83. The molecule has 1 fully saturated rings. The number of imide groups is 1. The molecule has 0 saturated carbocycles. The van der Waals surface area contributed by atoms with E-state index in [0.717, 1.165) is 16.0 Å². The van der Waals surface area contributed by atoms with Crippen LogP contribution < -0.4 is 11.5 Å². The number of rotatable bonds is 6. The topological polar surface area (TPSA) is 119 Å². The molecule has 1 saturated heterocycles. The number of hydrogen-bond donors (Lipinski definition) is 2. The van der Waals surface area contributed by atoms with Crippen molar-refractivity contribution >= 4 is 23.5 Å². The van der Waals surface area contributed by atoms with Gasteiger partial charge in [0.05, 0.1) is 5.92 Å². The van der Waals surface area contributed by atoms with Gasteiger partial charge in [-0.25, -0.2) is 4.98 Å². The van der Waals surface area contributed by atoms with Crippen LogP contribution in [0.1, 0.15) is 30.4 Å². The highest BCUT2D eigenvalue weighted by molar-refractivity contribution is 6.09. The Balaban J connectivity index is 1.71. The van der Waals surface area contributed by atoms with Gasteiger partial charge < -0.3 is 11.5 Å². The van der Waals surface area contributed by atoms with E-state index in [1.54, 1.807) is 12.1 Å². The van der Waals surface area contributed by atoms with Gasteiger partial charge in [0.2, 0.25) is 17.7 Å². The summed E-state index contributed by atoms with van der Waals surface area (Å²) in [7, 11) is 0. The van der Waals surface area contributed by atoms with E-state index in [1.165, 1.54) is 6.20 Å². The number of anilines is 1. The van der Waals surface area contributed by atoms with Crippen LogP contribution in [-0.4, -0.2) is 33.6 Å². The molecule has 2 aromatic rings. The molecule has 27 heavy (non-hydrogen) atoms. The summed E-state index contributed by atoms with van der Waals surface area (Å²) in [5.41, 5.74) is 12.9. The van der Waals surface area contributed by atoms with Gasteiger partial charge in [-0.05, 0) is 35.6 Å². The summed E-state index contributed by atoms with van der Waals surface area (Å²) in [6.45, 7) is 1.91. The molecule has 0 radical (unpaired) electrons. The molecule has 7 nitrogen and oxygen atoms in total. The standard InChI is InChI=1S/C20H22N4O3/c1-12(14-5-3-2-4-6-14)9-17(25)24-18(19(22)26)15(20(24)27)10-13-7-8-23-16(21)11-13/h2-8,11-12,15,18H,9-10H2,1H3,(H2,21,23)(H2,22,26)/t12-,15?,18-/m0/s1. The highest BCUT2D eigenvalue weighted by Gasteiger charge is 2.53. The zero-order chi connectivity index (χ0) is 19.6. The minimum absolute atomic E-state index is 0.0703. The van der Waals surface area contributed by atoms with Crippen LogP contribution in [0.15, 0.2) is 48.7 Å². The second-order valence-electron chi connectivity index (χ2n) is 6.86. The normalized spacial score (nSPS) is 20.0. The number of β-lactam (4-membered cyclic amide) rings is 1. The number of amides is 3. The molecule has 1 aliphatic rings. The molecule has 4 N–H and O–H groups in total. The number of carbonyl (C=O) groups is 3. The lowest BCUT2D eigenvalue weighted by molar-refractivity contribution is -0.170. The van der Waals surface area contributed by atoms with Crippen molar-refractivity contribution in [3.63, 3.8) is 0 Å². The average Bonchev–Trinajstić information content (AvgIpc) is 2.64. The minimum atomic E-state index is -0.928. The third kappa shape index (κ3) is 3.81. The molecule has 1 unspecified atom stereocenters. The highest BCUT2D eigenvalue weighted by atomic mass is 16.2. The number of pyridine rings is 1.